The third-order valence-electron chi connectivity index (χ3n) is 4.91. The zero-order chi connectivity index (χ0) is 16.8. The van der Waals surface area contributed by atoms with Gasteiger partial charge in [0.15, 0.2) is 0 Å². The zero-order valence-electron chi connectivity index (χ0n) is 14.8. The molecule has 24 heavy (non-hydrogen) atoms. The minimum Gasteiger partial charge on any atom is -0.379 e. The topological polar surface area (TPSA) is 24.5 Å². The molecule has 0 amide bonds. The molecule has 1 atom stereocenters. The first-order valence-electron chi connectivity index (χ1n) is 8.87. The summed E-state index contributed by atoms with van der Waals surface area (Å²) in [5.74, 6) is 0. The second kappa shape index (κ2) is 8.43. The van der Waals surface area contributed by atoms with Gasteiger partial charge in [0.25, 0.3) is 0 Å². The van der Waals surface area contributed by atoms with Crippen molar-refractivity contribution in [2.45, 2.75) is 26.4 Å². The maximum atomic E-state index is 5.52. The van der Waals surface area contributed by atoms with Crippen molar-refractivity contribution in [1.29, 1.82) is 0 Å². The third-order valence-corrected chi connectivity index (χ3v) is 4.91. The van der Waals surface area contributed by atoms with Gasteiger partial charge >= 0.3 is 0 Å². The molecule has 3 rings (SSSR count). The lowest BCUT2D eigenvalue weighted by Crippen LogP contribution is -2.42. The van der Waals surface area contributed by atoms with E-state index in [9.17, 15) is 0 Å². The van der Waals surface area contributed by atoms with Crippen molar-refractivity contribution >= 4 is 0 Å². The van der Waals surface area contributed by atoms with Crippen LogP contribution in [-0.2, 0) is 11.3 Å². The molecule has 0 aliphatic carbocycles. The molecule has 3 nitrogen and oxygen atoms in total. The van der Waals surface area contributed by atoms with Gasteiger partial charge in [-0.2, -0.15) is 0 Å². The first kappa shape index (κ1) is 17.2. The van der Waals surface area contributed by atoms with Gasteiger partial charge in [0.1, 0.15) is 0 Å². The SMILES string of the molecule is Cc1ccc(CNCC(c2ccccc2)N2CCOCC2)cc1C. The van der Waals surface area contributed by atoms with Crippen molar-refractivity contribution in [3.8, 4) is 0 Å². The highest BCUT2D eigenvalue weighted by Crippen LogP contribution is 2.21. The summed E-state index contributed by atoms with van der Waals surface area (Å²) in [6.07, 6.45) is 0. The van der Waals surface area contributed by atoms with Crippen LogP contribution >= 0.6 is 0 Å². The Bertz CT molecular complexity index is 636. The van der Waals surface area contributed by atoms with E-state index in [-0.39, 0.29) is 0 Å². The molecular weight excluding hydrogens is 296 g/mol. The van der Waals surface area contributed by atoms with Crippen LogP contribution in [0.1, 0.15) is 28.3 Å². The Morgan fingerprint density at radius 1 is 1.00 bits per heavy atom. The summed E-state index contributed by atoms with van der Waals surface area (Å²) in [5, 5.41) is 3.66. The van der Waals surface area contributed by atoms with Crippen LogP contribution in [0, 0.1) is 13.8 Å². The quantitative estimate of drug-likeness (QED) is 0.880. The lowest BCUT2D eigenvalue weighted by atomic mass is 10.0. The molecule has 1 aliphatic heterocycles. The molecule has 128 valence electrons. The van der Waals surface area contributed by atoms with Crippen LogP contribution in [0.5, 0.6) is 0 Å². The molecule has 2 aromatic carbocycles. The number of hydrogen-bond acceptors (Lipinski definition) is 3. The van der Waals surface area contributed by atoms with Gasteiger partial charge in [-0.15, -0.1) is 0 Å². The summed E-state index contributed by atoms with van der Waals surface area (Å²) in [6, 6.07) is 17.9. The molecule has 1 saturated heterocycles. The smallest absolute Gasteiger partial charge is 0.0594 e. The van der Waals surface area contributed by atoms with Crippen LogP contribution in [-0.4, -0.2) is 37.7 Å². The van der Waals surface area contributed by atoms with Gasteiger partial charge in [0.05, 0.1) is 13.2 Å². The molecule has 0 aromatic heterocycles. The van der Waals surface area contributed by atoms with Crippen LogP contribution < -0.4 is 5.32 Å². The van der Waals surface area contributed by atoms with E-state index in [1.807, 2.05) is 0 Å². The normalized spacial score (nSPS) is 16.9. The van der Waals surface area contributed by atoms with Gasteiger partial charge < -0.3 is 10.1 Å². The van der Waals surface area contributed by atoms with Gasteiger partial charge in [-0.1, -0.05) is 48.5 Å². The fourth-order valence-corrected chi connectivity index (χ4v) is 3.29. The Kier molecular flexibility index (Phi) is 6.02. The summed E-state index contributed by atoms with van der Waals surface area (Å²) in [5.41, 5.74) is 5.45. The second-order valence-electron chi connectivity index (χ2n) is 6.62. The van der Waals surface area contributed by atoms with Crippen molar-refractivity contribution in [3.63, 3.8) is 0 Å². The molecule has 0 bridgehead atoms. The Morgan fingerprint density at radius 2 is 1.75 bits per heavy atom. The first-order valence-corrected chi connectivity index (χ1v) is 8.87. The number of rotatable bonds is 6. The molecule has 2 aromatic rings. The highest BCUT2D eigenvalue weighted by Gasteiger charge is 2.22. The Morgan fingerprint density at radius 3 is 2.46 bits per heavy atom. The van der Waals surface area contributed by atoms with E-state index in [0.29, 0.717) is 6.04 Å². The Balaban J connectivity index is 1.64. The molecule has 0 radical (unpaired) electrons. The maximum Gasteiger partial charge on any atom is 0.0594 e. The minimum absolute atomic E-state index is 0.404. The van der Waals surface area contributed by atoms with Gasteiger partial charge in [-0.3, -0.25) is 4.90 Å². The number of nitrogens with one attached hydrogen (secondary N) is 1. The van der Waals surface area contributed by atoms with E-state index in [2.05, 4.69) is 72.6 Å². The summed E-state index contributed by atoms with van der Waals surface area (Å²) in [4.78, 5) is 2.53. The van der Waals surface area contributed by atoms with Gasteiger partial charge in [-0.25, -0.2) is 0 Å². The van der Waals surface area contributed by atoms with Crippen LogP contribution in [0.3, 0.4) is 0 Å². The standard InChI is InChI=1S/C21H28N2O/c1-17-8-9-19(14-18(17)2)15-22-16-21(20-6-4-3-5-7-20)23-10-12-24-13-11-23/h3-9,14,21-22H,10-13,15-16H2,1-2H3. The van der Waals surface area contributed by atoms with Crippen LogP contribution in [0.25, 0.3) is 0 Å². The fourth-order valence-electron chi connectivity index (χ4n) is 3.29. The molecule has 0 saturated carbocycles. The van der Waals surface area contributed by atoms with Crippen LogP contribution in [0.4, 0.5) is 0 Å². The maximum absolute atomic E-state index is 5.52. The molecule has 1 unspecified atom stereocenters. The van der Waals surface area contributed by atoms with E-state index in [0.717, 1.165) is 39.4 Å². The van der Waals surface area contributed by atoms with Gasteiger partial charge in [-0.05, 0) is 36.1 Å². The van der Waals surface area contributed by atoms with Crippen molar-refractivity contribution in [3.05, 3.63) is 70.8 Å². The number of ether oxygens (including phenoxy) is 1. The van der Waals surface area contributed by atoms with E-state index in [4.69, 9.17) is 4.74 Å². The molecule has 1 heterocycles. The van der Waals surface area contributed by atoms with E-state index in [1.165, 1.54) is 22.3 Å². The van der Waals surface area contributed by atoms with E-state index >= 15 is 0 Å². The number of aryl methyl sites for hydroxylation is 2. The lowest BCUT2D eigenvalue weighted by molar-refractivity contribution is 0.0161. The van der Waals surface area contributed by atoms with Gasteiger partial charge in [0, 0.05) is 32.2 Å². The predicted octanol–water partition coefficient (Wildman–Crippen LogP) is 3.47. The predicted molar refractivity (Wildman–Crippen MR) is 99.2 cm³/mol. The van der Waals surface area contributed by atoms with Gasteiger partial charge in [0.2, 0.25) is 0 Å². The number of benzene rings is 2. The Hall–Kier alpha value is -1.68. The van der Waals surface area contributed by atoms with Crippen molar-refractivity contribution < 1.29 is 4.74 Å². The monoisotopic (exact) mass is 324 g/mol. The van der Waals surface area contributed by atoms with Crippen LogP contribution in [0.15, 0.2) is 48.5 Å². The van der Waals surface area contributed by atoms with E-state index in [1.54, 1.807) is 0 Å². The first-order chi connectivity index (χ1) is 11.7. The zero-order valence-corrected chi connectivity index (χ0v) is 14.8. The number of hydrogen-bond donors (Lipinski definition) is 1. The average Bonchev–Trinajstić information content (AvgIpc) is 2.63. The summed E-state index contributed by atoms with van der Waals surface area (Å²) < 4.78 is 5.52. The Labute approximate surface area is 145 Å². The lowest BCUT2D eigenvalue weighted by Gasteiger charge is -2.35. The van der Waals surface area contributed by atoms with Crippen molar-refractivity contribution in [2.75, 3.05) is 32.8 Å². The minimum atomic E-state index is 0.404. The number of nitrogens with zero attached hydrogens (tertiary/aromatic N) is 1. The summed E-state index contributed by atoms with van der Waals surface area (Å²) >= 11 is 0. The van der Waals surface area contributed by atoms with Crippen LogP contribution in [0.2, 0.25) is 0 Å². The number of morpholine rings is 1. The van der Waals surface area contributed by atoms with Crippen molar-refractivity contribution in [2.24, 2.45) is 0 Å². The highest BCUT2D eigenvalue weighted by atomic mass is 16.5. The largest absolute Gasteiger partial charge is 0.379 e. The van der Waals surface area contributed by atoms with E-state index < -0.39 is 0 Å². The molecule has 1 N–H and O–H groups in total. The molecular formula is C21H28N2O. The molecule has 3 heteroatoms. The third kappa shape index (κ3) is 4.44. The molecule has 1 aliphatic rings. The molecule has 0 spiro atoms. The second-order valence-corrected chi connectivity index (χ2v) is 6.62. The fraction of sp³-hybridized carbons (Fsp3) is 0.429. The summed E-state index contributed by atoms with van der Waals surface area (Å²) in [7, 11) is 0. The molecule has 1 fully saturated rings. The average molecular weight is 324 g/mol. The summed E-state index contributed by atoms with van der Waals surface area (Å²) in [6.45, 7) is 9.89. The van der Waals surface area contributed by atoms with Crippen molar-refractivity contribution in [1.82, 2.24) is 10.2 Å². The highest BCUT2D eigenvalue weighted by molar-refractivity contribution is 5.29.